The van der Waals surface area contributed by atoms with Gasteiger partial charge in [0.15, 0.2) is 0 Å². The van der Waals surface area contributed by atoms with E-state index in [1.165, 1.54) is 34.6 Å². The minimum atomic E-state index is 0.250. The second-order valence-electron chi connectivity index (χ2n) is 10.8. The highest BCUT2D eigenvalue weighted by Gasteiger charge is 2.23. The van der Waals surface area contributed by atoms with E-state index in [4.69, 9.17) is 9.53 Å². The fraction of sp³-hybridized carbons (Fsp3) is 0.417. The predicted octanol–water partition coefficient (Wildman–Crippen LogP) is 6.46. The largest absolute Gasteiger partial charge is 0.495 e. The molecule has 234 valence electrons. The van der Waals surface area contributed by atoms with Crippen molar-refractivity contribution in [2.45, 2.75) is 46.0 Å². The number of anilines is 1. The van der Waals surface area contributed by atoms with Crippen molar-refractivity contribution >= 4 is 23.9 Å². The molecular weight excluding hydrogens is 534 g/mol. The van der Waals surface area contributed by atoms with E-state index in [1.54, 1.807) is 7.11 Å². The number of likely N-dealkylation sites (tertiary alicyclic amines) is 1. The first-order chi connectivity index (χ1) is 20.9. The van der Waals surface area contributed by atoms with Gasteiger partial charge in [-0.1, -0.05) is 49.1 Å². The smallest absolute Gasteiger partial charge is 0.204 e. The summed E-state index contributed by atoms with van der Waals surface area (Å²) >= 11 is 0. The summed E-state index contributed by atoms with van der Waals surface area (Å²) in [7, 11) is 1.78. The van der Waals surface area contributed by atoms with Crippen molar-refractivity contribution in [1.29, 1.82) is 0 Å². The van der Waals surface area contributed by atoms with Crippen LogP contribution in [-0.4, -0.2) is 69.1 Å². The summed E-state index contributed by atoms with van der Waals surface area (Å²) in [5, 5.41) is 3.56. The Morgan fingerprint density at radius 3 is 2.37 bits per heavy atom. The SMILES string of the molecule is C=C.C=C(NCCCN1CCCC1=C)c1ccc(N2CCN(C3=CCCC=C3OC)CC2)c(/C=C/C=C(C)C)c1.NC=O. The summed E-state index contributed by atoms with van der Waals surface area (Å²) in [5.74, 6) is 1.02. The van der Waals surface area contributed by atoms with E-state index < -0.39 is 0 Å². The Balaban J connectivity index is 0.00000121. The number of allylic oxidation sites excluding steroid dienone is 6. The maximum atomic E-state index is 8.58. The van der Waals surface area contributed by atoms with E-state index in [9.17, 15) is 0 Å². The third kappa shape index (κ3) is 10.9. The Morgan fingerprint density at radius 1 is 1.07 bits per heavy atom. The van der Waals surface area contributed by atoms with E-state index in [0.717, 1.165) is 88.5 Å². The van der Waals surface area contributed by atoms with Crippen molar-refractivity contribution in [3.05, 3.63) is 103 Å². The van der Waals surface area contributed by atoms with Crippen LogP contribution in [0.2, 0.25) is 0 Å². The van der Waals surface area contributed by atoms with Gasteiger partial charge in [-0.3, -0.25) is 4.79 Å². The Hall–Kier alpha value is -4.13. The van der Waals surface area contributed by atoms with E-state index >= 15 is 0 Å². The van der Waals surface area contributed by atoms with Crippen molar-refractivity contribution in [3.63, 3.8) is 0 Å². The molecule has 2 heterocycles. The lowest BCUT2D eigenvalue weighted by atomic mass is 10.0. The molecule has 1 amide bonds. The van der Waals surface area contributed by atoms with Crippen LogP contribution in [0.4, 0.5) is 5.69 Å². The highest BCUT2D eigenvalue weighted by Crippen LogP contribution is 2.29. The summed E-state index contributed by atoms with van der Waals surface area (Å²) < 4.78 is 5.65. The molecule has 3 aliphatic rings. The number of rotatable bonds is 11. The van der Waals surface area contributed by atoms with Gasteiger partial charge in [0.1, 0.15) is 5.76 Å². The number of nitrogens with zero attached hydrogens (tertiary/aromatic N) is 3. The van der Waals surface area contributed by atoms with E-state index in [-0.39, 0.29) is 6.41 Å². The summed E-state index contributed by atoms with van der Waals surface area (Å²) in [6.45, 7) is 25.9. The quantitative estimate of drug-likeness (QED) is 0.134. The topological polar surface area (TPSA) is 74.1 Å². The average molecular weight is 588 g/mol. The van der Waals surface area contributed by atoms with Gasteiger partial charge in [-0.25, -0.2) is 0 Å². The van der Waals surface area contributed by atoms with Gasteiger partial charge < -0.3 is 30.5 Å². The number of carbonyl (C=O) groups is 1. The van der Waals surface area contributed by atoms with Gasteiger partial charge in [-0.15, -0.1) is 13.2 Å². The Morgan fingerprint density at radius 2 is 1.74 bits per heavy atom. The maximum absolute atomic E-state index is 8.58. The van der Waals surface area contributed by atoms with Crippen LogP contribution in [0, 0.1) is 0 Å². The molecule has 1 aromatic carbocycles. The lowest BCUT2D eigenvalue weighted by molar-refractivity contribution is -0.106. The van der Waals surface area contributed by atoms with Crippen LogP contribution in [-0.2, 0) is 9.53 Å². The average Bonchev–Trinajstić information content (AvgIpc) is 3.44. The lowest BCUT2D eigenvalue weighted by Gasteiger charge is -2.39. The van der Waals surface area contributed by atoms with Crippen molar-refractivity contribution in [3.8, 4) is 0 Å². The van der Waals surface area contributed by atoms with Gasteiger partial charge in [0, 0.05) is 62.9 Å². The van der Waals surface area contributed by atoms with Gasteiger partial charge in [0.25, 0.3) is 0 Å². The number of amides is 1. The van der Waals surface area contributed by atoms with E-state index in [0.29, 0.717) is 0 Å². The van der Waals surface area contributed by atoms with Crippen LogP contribution in [0.3, 0.4) is 0 Å². The van der Waals surface area contributed by atoms with Crippen LogP contribution in [0.15, 0.2) is 91.5 Å². The molecule has 0 unspecified atom stereocenters. The van der Waals surface area contributed by atoms with Crippen LogP contribution in [0.5, 0.6) is 0 Å². The highest BCUT2D eigenvalue weighted by atomic mass is 16.5. The zero-order chi connectivity index (χ0) is 31.6. The number of primary amides is 1. The number of carbonyl (C=O) groups excluding carboxylic acids is 1. The number of methoxy groups -OCH3 is 1. The molecule has 0 radical (unpaired) electrons. The van der Waals surface area contributed by atoms with Crippen LogP contribution in [0.1, 0.15) is 57.1 Å². The fourth-order valence-corrected chi connectivity index (χ4v) is 5.48. The molecule has 1 aliphatic carbocycles. The first-order valence-electron chi connectivity index (χ1n) is 15.3. The molecule has 1 aromatic rings. The number of hydrogen-bond donors (Lipinski definition) is 2. The molecule has 43 heavy (non-hydrogen) atoms. The minimum Gasteiger partial charge on any atom is -0.495 e. The van der Waals surface area contributed by atoms with Crippen molar-refractivity contribution in [2.75, 3.05) is 57.8 Å². The van der Waals surface area contributed by atoms with E-state index in [2.05, 4.69) is 114 Å². The summed E-state index contributed by atoms with van der Waals surface area (Å²) in [4.78, 5) is 16.0. The molecule has 0 spiro atoms. The number of nitrogens with one attached hydrogen (secondary N) is 1. The van der Waals surface area contributed by atoms with Gasteiger partial charge in [0.2, 0.25) is 6.41 Å². The van der Waals surface area contributed by atoms with Gasteiger partial charge in [-0.2, -0.15) is 0 Å². The van der Waals surface area contributed by atoms with Crippen LogP contribution < -0.4 is 16.0 Å². The molecule has 2 aliphatic heterocycles. The Kier molecular flexibility index (Phi) is 15.6. The molecule has 3 N–H and O–H groups in total. The molecule has 0 bridgehead atoms. The van der Waals surface area contributed by atoms with E-state index in [1.807, 2.05) is 0 Å². The number of hydrogen-bond acceptors (Lipinski definition) is 6. The summed E-state index contributed by atoms with van der Waals surface area (Å²) in [6, 6.07) is 6.77. The molecule has 0 atom stereocenters. The monoisotopic (exact) mass is 587 g/mol. The molecule has 4 rings (SSSR count). The standard InChI is InChI=1S/C33H46N4O.C2H4.CH3NO/c1-26(2)11-8-13-30-25-29(28(4)34-18-10-20-35-19-9-12-27(35)3)16-17-31(30)36-21-23-37(24-22-36)32-14-6-7-15-33(32)38-5;1-2;2-1-3/h8,11,13-17,25,34H,3-4,6-7,9-10,12,18-24H2,1-2,5H3;1-2H2;1H,(H2,2,3)/b13-8+;;. The van der Waals surface area contributed by atoms with Crippen molar-refractivity contribution in [2.24, 2.45) is 5.73 Å². The second-order valence-corrected chi connectivity index (χ2v) is 10.8. The maximum Gasteiger partial charge on any atom is 0.204 e. The Labute approximate surface area is 260 Å². The molecule has 2 saturated heterocycles. The zero-order valence-corrected chi connectivity index (χ0v) is 26.7. The normalized spacial score (nSPS) is 16.3. The van der Waals surface area contributed by atoms with Crippen LogP contribution in [0.25, 0.3) is 11.8 Å². The van der Waals surface area contributed by atoms with Crippen molar-refractivity contribution < 1.29 is 9.53 Å². The molecule has 2 fully saturated rings. The predicted molar refractivity (Wildman–Crippen MR) is 184 cm³/mol. The fourth-order valence-electron chi connectivity index (χ4n) is 5.48. The number of benzene rings is 1. The number of ether oxygens (including phenoxy) is 1. The van der Waals surface area contributed by atoms with Crippen LogP contribution >= 0.6 is 0 Å². The third-order valence-electron chi connectivity index (χ3n) is 7.63. The molecule has 7 heteroatoms. The van der Waals surface area contributed by atoms with Gasteiger partial charge >= 0.3 is 0 Å². The second kappa shape index (κ2) is 19.1. The first-order valence-corrected chi connectivity index (χ1v) is 15.3. The number of piperazine rings is 1. The molecular formula is C36H53N5O2. The van der Waals surface area contributed by atoms with Crippen molar-refractivity contribution in [1.82, 2.24) is 15.1 Å². The summed E-state index contributed by atoms with van der Waals surface area (Å²) in [6.07, 6.45) is 17.0. The molecule has 0 saturated carbocycles. The van der Waals surface area contributed by atoms with Gasteiger partial charge in [-0.05, 0) is 75.3 Å². The third-order valence-corrected chi connectivity index (χ3v) is 7.63. The lowest BCUT2D eigenvalue weighted by Crippen LogP contribution is -2.46. The first kappa shape index (κ1) is 35.1. The summed E-state index contributed by atoms with van der Waals surface area (Å²) in [5.41, 5.74) is 12.7. The Bertz CT molecular complexity index is 1180. The molecule has 7 nitrogen and oxygen atoms in total. The van der Waals surface area contributed by atoms with Gasteiger partial charge in [0.05, 0.1) is 12.8 Å². The number of nitrogens with two attached hydrogens (primary N) is 1. The molecule has 0 aromatic heterocycles. The minimum absolute atomic E-state index is 0.250. The zero-order valence-electron chi connectivity index (χ0n) is 26.7. The highest BCUT2D eigenvalue weighted by molar-refractivity contribution is 5.74.